The van der Waals surface area contributed by atoms with Crippen LogP contribution in [0.25, 0.3) is 0 Å². The van der Waals surface area contributed by atoms with Crippen LogP contribution in [-0.4, -0.2) is 41.5 Å². The zero-order valence-corrected chi connectivity index (χ0v) is 14.9. The maximum atomic E-state index is 10.6. The number of aldehydes is 1. The van der Waals surface area contributed by atoms with Gasteiger partial charge in [-0.25, -0.2) is 14.4 Å². The lowest BCUT2D eigenvalue weighted by molar-refractivity contribution is -0.135. The predicted octanol–water partition coefficient (Wildman–Crippen LogP) is 2.79. The zero-order valence-electron chi connectivity index (χ0n) is 14.9. The summed E-state index contributed by atoms with van der Waals surface area (Å²) in [6, 6.07) is 0. The lowest BCUT2D eigenvalue weighted by atomic mass is 10.0. The van der Waals surface area contributed by atoms with Crippen LogP contribution in [0.3, 0.4) is 0 Å². The molecule has 0 bridgehead atoms. The highest BCUT2D eigenvalue weighted by atomic mass is 16.5. The lowest BCUT2D eigenvalue weighted by Crippen LogP contribution is -2.01. The predicted molar refractivity (Wildman–Crippen MR) is 95.0 cm³/mol. The Balaban J connectivity index is -0.000000321. The van der Waals surface area contributed by atoms with Gasteiger partial charge in [-0.05, 0) is 30.9 Å². The Morgan fingerprint density at radius 1 is 1.12 bits per heavy atom. The lowest BCUT2D eigenvalue weighted by Gasteiger charge is -2.02. The summed E-state index contributed by atoms with van der Waals surface area (Å²) < 4.78 is 4.26. The molecule has 0 aromatic carbocycles. The highest BCUT2D eigenvalue weighted by Crippen LogP contribution is 2.09. The summed E-state index contributed by atoms with van der Waals surface area (Å²) in [7, 11) is 1.20. The van der Waals surface area contributed by atoms with Crippen molar-refractivity contribution in [1.29, 1.82) is 0 Å². The minimum Gasteiger partial charge on any atom is -0.478 e. The summed E-state index contributed by atoms with van der Waals surface area (Å²) in [6.45, 7) is 13.9. The molecule has 7 nitrogen and oxygen atoms in total. The van der Waals surface area contributed by atoms with E-state index in [1.807, 2.05) is 0 Å². The Bertz CT molecular complexity index is 508. The summed E-state index contributed by atoms with van der Waals surface area (Å²) >= 11 is 0. The standard InChI is InChI=1S/C8H14O2.C7H8O4.C3H4O/c1-6(2)4-5-7(3)8(9)10;1-5(7(10)11-2)3-4-6(8)9;1-2-3-4/h6H,3-5H2,1-2H3,(H,9,10);3-4H,1H2,2H3,(H,8,9);2-3H,1H2. The van der Waals surface area contributed by atoms with E-state index in [-0.39, 0.29) is 5.57 Å². The van der Waals surface area contributed by atoms with Gasteiger partial charge in [-0.15, -0.1) is 0 Å². The first-order valence-electron chi connectivity index (χ1n) is 7.18. The zero-order chi connectivity index (χ0) is 20.4. The van der Waals surface area contributed by atoms with Crippen LogP contribution in [0.4, 0.5) is 0 Å². The van der Waals surface area contributed by atoms with Crippen molar-refractivity contribution < 1.29 is 34.1 Å². The van der Waals surface area contributed by atoms with Crippen LogP contribution in [0.2, 0.25) is 0 Å². The van der Waals surface area contributed by atoms with Crippen molar-refractivity contribution in [1.82, 2.24) is 0 Å². The van der Waals surface area contributed by atoms with Gasteiger partial charge in [0.1, 0.15) is 6.29 Å². The first-order valence-corrected chi connectivity index (χ1v) is 7.18. The number of methoxy groups -OCH3 is 1. The fraction of sp³-hybridized carbons (Fsp3) is 0.333. The number of carboxylic acid groups (broad SMARTS) is 2. The van der Waals surface area contributed by atoms with Gasteiger partial charge in [-0.1, -0.05) is 33.6 Å². The highest BCUT2D eigenvalue weighted by molar-refractivity contribution is 5.92. The summed E-state index contributed by atoms with van der Waals surface area (Å²) in [5.41, 5.74) is 0.323. The molecule has 0 saturated carbocycles. The quantitative estimate of drug-likeness (QED) is 0.298. The first-order chi connectivity index (χ1) is 11.5. The van der Waals surface area contributed by atoms with E-state index >= 15 is 0 Å². The molecule has 0 aliphatic heterocycles. The van der Waals surface area contributed by atoms with Crippen LogP contribution < -0.4 is 0 Å². The summed E-state index contributed by atoms with van der Waals surface area (Å²) in [5, 5.41) is 16.5. The van der Waals surface area contributed by atoms with Crippen LogP contribution in [0, 0.1) is 5.92 Å². The summed E-state index contributed by atoms with van der Waals surface area (Å²) in [4.78, 5) is 39.8. The Labute approximate surface area is 148 Å². The minimum absolute atomic E-state index is 0.00917. The van der Waals surface area contributed by atoms with Gasteiger partial charge >= 0.3 is 17.9 Å². The van der Waals surface area contributed by atoms with Gasteiger partial charge in [0.25, 0.3) is 0 Å². The van der Waals surface area contributed by atoms with Gasteiger partial charge in [0.05, 0.1) is 12.7 Å². The third-order valence-electron chi connectivity index (χ3n) is 2.30. The number of rotatable bonds is 8. The van der Waals surface area contributed by atoms with Crippen molar-refractivity contribution >= 4 is 24.2 Å². The van der Waals surface area contributed by atoms with Gasteiger partial charge in [0, 0.05) is 11.6 Å². The molecule has 0 aliphatic rings. The van der Waals surface area contributed by atoms with Crippen LogP contribution in [0.1, 0.15) is 26.7 Å². The second kappa shape index (κ2) is 17.4. The number of ether oxygens (including phenoxy) is 1. The number of hydrogen-bond donors (Lipinski definition) is 2. The molecule has 140 valence electrons. The number of hydrogen-bond acceptors (Lipinski definition) is 5. The van der Waals surface area contributed by atoms with Gasteiger partial charge in [-0.2, -0.15) is 0 Å². The second-order valence-electron chi connectivity index (χ2n) is 4.90. The minimum atomic E-state index is -1.13. The van der Waals surface area contributed by atoms with Gasteiger partial charge in [-0.3, -0.25) is 4.79 Å². The van der Waals surface area contributed by atoms with E-state index in [1.165, 1.54) is 13.2 Å². The molecule has 7 heteroatoms. The maximum absolute atomic E-state index is 10.6. The molecule has 2 N–H and O–H groups in total. The number of carbonyl (C=O) groups is 4. The average molecular weight is 354 g/mol. The van der Waals surface area contributed by atoms with Crippen LogP contribution in [0.5, 0.6) is 0 Å². The molecule has 0 atom stereocenters. The van der Waals surface area contributed by atoms with Gasteiger partial charge in [0.2, 0.25) is 0 Å². The number of allylic oxidation sites excluding steroid dienone is 1. The number of aliphatic carboxylic acids is 2. The van der Waals surface area contributed by atoms with Crippen LogP contribution in [0.15, 0.2) is 49.1 Å². The molecule has 0 radical (unpaired) electrons. The molecule has 0 fully saturated rings. The smallest absolute Gasteiger partial charge is 0.337 e. The van der Waals surface area contributed by atoms with Gasteiger partial charge < -0.3 is 14.9 Å². The van der Waals surface area contributed by atoms with Crippen molar-refractivity contribution in [3.05, 3.63) is 49.1 Å². The average Bonchev–Trinajstić information content (AvgIpc) is 2.57. The first kappa shape index (κ1) is 26.9. The van der Waals surface area contributed by atoms with E-state index < -0.39 is 17.9 Å². The van der Waals surface area contributed by atoms with Crippen molar-refractivity contribution in [3.8, 4) is 0 Å². The molecule has 0 heterocycles. The van der Waals surface area contributed by atoms with Crippen molar-refractivity contribution in [2.75, 3.05) is 7.11 Å². The largest absolute Gasteiger partial charge is 0.478 e. The third kappa shape index (κ3) is 23.4. The van der Waals surface area contributed by atoms with Crippen molar-refractivity contribution in [2.24, 2.45) is 5.92 Å². The normalized spacial score (nSPS) is 8.96. The Kier molecular flexibility index (Phi) is 18.7. The molecule has 0 spiro atoms. The van der Waals surface area contributed by atoms with E-state index in [0.29, 0.717) is 24.2 Å². The Hall–Kier alpha value is -2.96. The molecule has 0 aromatic rings. The summed E-state index contributed by atoms with van der Waals surface area (Å²) in [6.07, 6.45) is 5.24. The van der Waals surface area contributed by atoms with Crippen molar-refractivity contribution in [2.45, 2.75) is 26.7 Å². The second-order valence-corrected chi connectivity index (χ2v) is 4.90. The van der Waals surface area contributed by atoms with Crippen LogP contribution in [-0.2, 0) is 23.9 Å². The molecular weight excluding hydrogens is 328 g/mol. The maximum Gasteiger partial charge on any atom is 0.337 e. The van der Waals surface area contributed by atoms with E-state index in [9.17, 15) is 14.4 Å². The monoisotopic (exact) mass is 354 g/mol. The highest BCUT2D eigenvalue weighted by Gasteiger charge is 2.04. The molecule has 0 amide bonds. The molecular formula is C18H26O7. The topological polar surface area (TPSA) is 118 Å². The van der Waals surface area contributed by atoms with E-state index in [1.54, 1.807) is 0 Å². The number of esters is 1. The Morgan fingerprint density at radius 2 is 1.60 bits per heavy atom. The molecule has 25 heavy (non-hydrogen) atoms. The van der Waals surface area contributed by atoms with Gasteiger partial charge in [0.15, 0.2) is 0 Å². The summed E-state index contributed by atoms with van der Waals surface area (Å²) in [5.74, 6) is -2.09. The SMILES string of the molecule is C=C(C=CC(=O)O)C(=O)OC.C=C(CCC(C)C)C(=O)O.C=CC=O. The number of carbonyl (C=O) groups excluding carboxylic acids is 2. The molecule has 0 rings (SSSR count). The third-order valence-corrected chi connectivity index (χ3v) is 2.30. The van der Waals surface area contributed by atoms with Crippen LogP contribution >= 0.6 is 0 Å². The van der Waals surface area contributed by atoms with E-state index in [4.69, 9.17) is 15.0 Å². The molecule has 0 unspecified atom stereocenters. The van der Waals surface area contributed by atoms with Crippen molar-refractivity contribution in [3.63, 3.8) is 0 Å². The fourth-order valence-corrected chi connectivity index (χ4v) is 0.941. The van der Waals surface area contributed by atoms with E-state index in [0.717, 1.165) is 18.6 Å². The number of carboxylic acids is 2. The molecule has 0 aliphatic carbocycles. The molecule has 0 aromatic heterocycles. The van der Waals surface area contributed by atoms with E-state index in [2.05, 4.69) is 38.3 Å². The fourth-order valence-electron chi connectivity index (χ4n) is 0.941. The molecule has 0 saturated heterocycles. The Morgan fingerprint density at radius 3 is 1.88 bits per heavy atom.